The Morgan fingerprint density at radius 1 is 1.37 bits per heavy atom. The summed E-state index contributed by atoms with van der Waals surface area (Å²) in [4.78, 5) is 11.8. The van der Waals surface area contributed by atoms with Crippen LogP contribution in [-0.2, 0) is 4.74 Å². The minimum absolute atomic E-state index is 0.0704. The van der Waals surface area contributed by atoms with Gasteiger partial charge in [-0.3, -0.25) is 0 Å². The molecule has 0 aliphatic carbocycles. The Balaban J connectivity index is 2.46. The fraction of sp³-hybridized carbons (Fsp3) is 0.727. The molecule has 7 nitrogen and oxygen atoms in total. The molecule has 2 N–H and O–H groups in total. The van der Waals surface area contributed by atoms with Gasteiger partial charge in [-0.25, -0.2) is 0 Å². The van der Waals surface area contributed by atoms with E-state index in [-0.39, 0.29) is 11.3 Å². The summed E-state index contributed by atoms with van der Waals surface area (Å²) < 4.78 is 10.1. The summed E-state index contributed by atoms with van der Waals surface area (Å²) in [6.07, 6.45) is 0.850. The normalized spacial score (nSPS) is 12.2. The summed E-state index contributed by atoms with van der Waals surface area (Å²) >= 11 is 5.77. The number of aromatic nitrogens is 3. The number of hydrogen-bond acceptors (Lipinski definition) is 7. The van der Waals surface area contributed by atoms with E-state index in [1.165, 1.54) is 0 Å². The monoisotopic (exact) mass is 290 g/mol. The lowest BCUT2D eigenvalue weighted by molar-refractivity contribution is 0.0615. The highest BCUT2D eigenvalue weighted by molar-refractivity contribution is 6.28. The van der Waals surface area contributed by atoms with Crippen LogP contribution in [0.4, 0.5) is 5.95 Å². The standard InChI is InChI=1S/C11H19ClN4O3/c1-3-6-19-11-15-9(12)14-10(16-11)13-5-4-8(17)7-18-2/h8,17H,3-7H2,1-2H3,(H,13,14,15,16). The van der Waals surface area contributed by atoms with Crippen LogP contribution in [0.2, 0.25) is 5.28 Å². The van der Waals surface area contributed by atoms with Crippen LogP contribution in [-0.4, -0.2) is 53.0 Å². The fourth-order valence-corrected chi connectivity index (χ4v) is 1.45. The van der Waals surface area contributed by atoms with Gasteiger partial charge in [0.25, 0.3) is 0 Å². The van der Waals surface area contributed by atoms with Gasteiger partial charge >= 0.3 is 6.01 Å². The van der Waals surface area contributed by atoms with Crippen molar-refractivity contribution in [1.29, 1.82) is 0 Å². The Morgan fingerprint density at radius 3 is 2.84 bits per heavy atom. The average Bonchev–Trinajstić information content (AvgIpc) is 2.36. The van der Waals surface area contributed by atoms with E-state index in [9.17, 15) is 5.11 Å². The molecule has 1 unspecified atom stereocenters. The third-order valence-electron chi connectivity index (χ3n) is 2.14. The van der Waals surface area contributed by atoms with E-state index < -0.39 is 6.10 Å². The van der Waals surface area contributed by atoms with Gasteiger partial charge in [-0.1, -0.05) is 6.92 Å². The molecule has 108 valence electrons. The molecule has 1 atom stereocenters. The van der Waals surface area contributed by atoms with Crippen molar-refractivity contribution in [2.45, 2.75) is 25.9 Å². The van der Waals surface area contributed by atoms with Gasteiger partial charge in [-0.15, -0.1) is 0 Å². The average molecular weight is 291 g/mol. The first-order valence-electron chi connectivity index (χ1n) is 6.11. The van der Waals surface area contributed by atoms with Crippen LogP contribution in [0.3, 0.4) is 0 Å². The maximum atomic E-state index is 9.48. The Labute approximate surface area is 117 Å². The summed E-state index contributed by atoms with van der Waals surface area (Å²) in [7, 11) is 1.54. The molecule has 0 aliphatic heterocycles. The number of aliphatic hydroxyl groups excluding tert-OH is 1. The largest absolute Gasteiger partial charge is 0.463 e. The number of methoxy groups -OCH3 is 1. The Hall–Kier alpha value is -1.18. The number of nitrogens with zero attached hydrogens (tertiary/aromatic N) is 3. The molecular formula is C11H19ClN4O3. The minimum atomic E-state index is -0.523. The van der Waals surface area contributed by atoms with Crippen molar-refractivity contribution >= 4 is 17.5 Å². The Morgan fingerprint density at radius 2 is 2.16 bits per heavy atom. The van der Waals surface area contributed by atoms with Crippen molar-refractivity contribution in [2.75, 3.05) is 32.2 Å². The molecule has 1 rings (SSSR count). The number of ether oxygens (including phenoxy) is 2. The van der Waals surface area contributed by atoms with Crippen molar-refractivity contribution in [1.82, 2.24) is 15.0 Å². The second kappa shape index (κ2) is 8.84. The van der Waals surface area contributed by atoms with Crippen LogP contribution in [0, 0.1) is 0 Å². The van der Waals surface area contributed by atoms with Crippen LogP contribution in [0.15, 0.2) is 0 Å². The van der Waals surface area contributed by atoms with Gasteiger partial charge in [-0.05, 0) is 24.4 Å². The lowest BCUT2D eigenvalue weighted by atomic mass is 10.3. The highest BCUT2D eigenvalue weighted by Gasteiger charge is 2.07. The summed E-state index contributed by atoms with van der Waals surface area (Å²) in [6.45, 7) is 3.30. The number of hydrogen-bond donors (Lipinski definition) is 2. The first-order chi connectivity index (χ1) is 9.15. The van der Waals surface area contributed by atoms with E-state index in [2.05, 4.69) is 20.3 Å². The third kappa shape index (κ3) is 6.51. The molecule has 0 spiro atoms. The highest BCUT2D eigenvalue weighted by Crippen LogP contribution is 2.11. The van der Waals surface area contributed by atoms with Crippen molar-refractivity contribution in [2.24, 2.45) is 0 Å². The van der Waals surface area contributed by atoms with Crippen molar-refractivity contribution in [3.05, 3.63) is 5.28 Å². The van der Waals surface area contributed by atoms with Gasteiger partial charge in [0.2, 0.25) is 11.2 Å². The van der Waals surface area contributed by atoms with Crippen LogP contribution in [0.1, 0.15) is 19.8 Å². The molecule has 1 aromatic heterocycles. The van der Waals surface area contributed by atoms with E-state index in [4.69, 9.17) is 21.1 Å². The lowest BCUT2D eigenvalue weighted by Crippen LogP contribution is -2.19. The fourth-order valence-electron chi connectivity index (χ4n) is 1.30. The molecule has 0 bridgehead atoms. The molecular weight excluding hydrogens is 272 g/mol. The molecule has 0 fully saturated rings. The Bertz CT molecular complexity index is 381. The molecule has 19 heavy (non-hydrogen) atoms. The summed E-state index contributed by atoms with van der Waals surface area (Å²) in [5.41, 5.74) is 0. The quantitative estimate of drug-likeness (QED) is 0.704. The van der Waals surface area contributed by atoms with Crippen molar-refractivity contribution < 1.29 is 14.6 Å². The number of rotatable bonds is 9. The van der Waals surface area contributed by atoms with E-state index in [1.54, 1.807) is 7.11 Å². The van der Waals surface area contributed by atoms with E-state index in [0.29, 0.717) is 32.1 Å². The van der Waals surface area contributed by atoms with Crippen molar-refractivity contribution in [3.8, 4) is 6.01 Å². The first kappa shape index (κ1) is 15.9. The smallest absolute Gasteiger partial charge is 0.322 e. The van der Waals surface area contributed by atoms with Gasteiger partial charge in [-0.2, -0.15) is 15.0 Å². The summed E-state index contributed by atoms with van der Waals surface area (Å²) in [6, 6.07) is 0.196. The first-order valence-corrected chi connectivity index (χ1v) is 6.48. The van der Waals surface area contributed by atoms with Gasteiger partial charge in [0.1, 0.15) is 0 Å². The van der Waals surface area contributed by atoms with E-state index in [1.807, 2.05) is 6.92 Å². The molecule has 8 heteroatoms. The molecule has 1 heterocycles. The zero-order valence-corrected chi connectivity index (χ0v) is 11.9. The SMILES string of the molecule is CCCOc1nc(Cl)nc(NCCC(O)COC)n1. The molecule has 1 aromatic rings. The molecule has 0 aliphatic rings. The number of anilines is 1. The Kier molecular flexibility index (Phi) is 7.39. The second-order valence-electron chi connectivity index (χ2n) is 3.88. The maximum Gasteiger partial charge on any atom is 0.322 e. The van der Waals surface area contributed by atoms with Crippen LogP contribution in [0.25, 0.3) is 0 Å². The van der Waals surface area contributed by atoms with E-state index in [0.717, 1.165) is 6.42 Å². The second-order valence-corrected chi connectivity index (χ2v) is 4.22. The summed E-state index contributed by atoms with van der Waals surface area (Å²) in [5.74, 6) is 0.329. The number of halogens is 1. The van der Waals surface area contributed by atoms with Crippen LogP contribution in [0.5, 0.6) is 6.01 Å². The predicted octanol–water partition coefficient (Wildman–Crippen LogP) is 1.12. The molecule has 0 saturated heterocycles. The number of aliphatic hydroxyl groups is 1. The van der Waals surface area contributed by atoms with Crippen LogP contribution >= 0.6 is 11.6 Å². The lowest BCUT2D eigenvalue weighted by Gasteiger charge is -2.10. The van der Waals surface area contributed by atoms with Crippen LogP contribution < -0.4 is 10.1 Å². The van der Waals surface area contributed by atoms with Gasteiger partial charge < -0.3 is 19.9 Å². The predicted molar refractivity (Wildman–Crippen MR) is 71.6 cm³/mol. The number of nitrogens with one attached hydrogen (secondary N) is 1. The van der Waals surface area contributed by atoms with Gasteiger partial charge in [0.15, 0.2) is 0 Å². The highest BCUT2D eigenvalue weighted by atomic mass is 35.5. The molecule has 0 saturated carbocycles. The minimum Gasteiger partial charge on any atom is -0.463 e. The molecule has 0 amide bonds. The molecule has 0 aromatic carbocycles. The van der Waals surface area contributed by atoms with Crippen molar-refractivity contribution in [3.63, 3.8) is 0 Å². The third-order valence-corrected chi connectivity index (χ3v) is 2.31. The molecule has 0 radical (unpaired) electrons. The maximum absolute atomic E-state index is 9.48. The zero-order valence-electron chi connectivity index (χ0n) is 11.1. The zero-order chi connectivity index (χ0) is 14.1. The topological polar surface area (TPSA) is 89.4 Å². The van der Waals surface area contributed by atoms with Gasteiger partial charge in [0, 0.05) is 13.7 Å². The van der Waals surface area contributed by atoms with E-state index >= 15 is 0 Å². The van der Waals surface area contributed by atoms with Gasteiger partial charge in [0.05, 0.1) is 19.3 Å². The summed E-state index contributed by atoms with van der Waals surface area (Å²) in [5, 5.41) is 12.5.